The molecular weight excluding hydrogens is 260 g/mol. The van der Waals surface area contributed by atoms with E-state index in [2.05, 4.69) is 5.32 Å². The Kier molecular flexibility index (Phi) is 5.06. The number of nitrogens with one attached hydrogen (secondary N) is 1. The summed E-state index contributed by atoms with van der Waals surface area (Å²) in [6, 6.07) is 3.33. The van der Waals surface area contributed by atoms with Crippen LogP contribution in [0, 0.1) is 0 Å². The highest BCUT2D eigenvalue weighted by Gasteiger charge is 2.20. The molecule has 1 aliphatic heterocycles. The van der Waals surface area contributed by atoms with Gasteiger partial charge < -0.3 is 25.3 Å². The van der Waals surface area contributed by atoms with Crippen LogP contribution in [0.25, 0.3) is 0 Å². The van der Waals surface area contributed by atoms with Gasteiger partial charge in [-0.2, -0.15) is 0 Å². The molecule has 6 nitrogen and oxygen atoms in total. The standard InChI is InChI=1S/C14H20N2O4/c1-18-11-8-10(14(17)16-5-3-2-4-15)9-12-13(11)20-7-6-19-12/h8-9H,2-7,15H2,1H3,(H,16,17). The lowest BCUT2D eigenvalue weighted by Gasteiger charge is -2.21. The zero-order chi connectivity index (χ0) is 14.4. The fraction of sp³-hybridized carbons (Fsp3) is 0.500. The second-order valence-corrected chi connectivity index (χ2v) is 4.45. The summed E-state index contributed by atoms with van der Waals surface area (Å²) in [4.78, 5) is 12.1. The van der Waals surface area contributed by atoms with Gasteiger partial charge in [-0.25, -0.2) is 0 Å². The summed E-state index contributed by atoms with van der Waals surface area (Å²) in [7, 11) is 1.54. The van der Waals surface area contributed by atoms with Crippen molar-refractivity contribution in [3.05, 3.63) is 17.7 Å². The number of nitrogens with two attached hydrogens (primary N) is 1. The van der Waals surface area contributed by atoms with E-state index < -0.39 is 0 Å². The molecule has 0 unspecified atom stereocenters. The number of unbranched alkanes of at least 4 members (excludes halogenated alkanes) is 1. The topological polar surface area (TPSA) is 82.8 Å². The first kappa shape index (κ1) is 14.5. The number of hydrogen-bond donors (Lipinski definition) is 2. The smallest absolute Gasteiger partial charge is 0.251 e. The summed E-state index contributed by atoms with van der Waals surface area (Å²) in [5, 5.41) is 2.85. The molecule has 0 atom stereocenters. The summed E-state index contributed by atoms with van der Waals surface area (Å²) in [5.41, 5.74) is 5.91. The Hall–Kier alpha value is -1.95. The molecule has 20 heavy (non-hydrogen) atoms. The maximum absolute atomic E-state index is 12.1. The van der Waals surface area contributed by atoms with E-state index in [1.165, 1.54) is 7.11 Å². The monoisotopic (exact) mass is 280 g/mol. The van der Waals surface area contributed by atoms with Gasteiger partial charge in [0.2, 0.25) is 5.75 Å². The summed E-state index contributed by atoms with van der Waals surface area (Å²) in [5.74, 6) is 1.45. The lowest BCUT2D eigenvalue weighted by molar-refractivity contribution is 0.0951. The molecule has 0 radical (unpaired) electrons. The molecule has 1 aromatic rings. The Bertz CT molecular complexity index is 459. The van der Waals surface area contributed by atoms with Crippen LogP contribution in [-0.4, -0.2) is 39.3 Å². The van der Waals surface area contributed by atoms with Crippen LogP contribution in [-0.2, 0) is 0 Å². The van der Waals surface area contributed by atoms with Crippen LogP contribution in [0.3, 0.4) is 0 Å². The van der Waals surface area contributed by atoms with Gasteiger partial charge in [0.05, 0.1) is 7.11 Å². The highest BCUT2D eigenvalue weighted by Crippen LogP contribution is 2.40. The van der Waals surface area contributed by atoms with Crippen molar-refractivity contribution < 1.29 is 19.0 Å². The van der Waals surface area contributed by atoms with E-state index in [4.69, 9.17) is 19.9 Å². The Morgan fingerprint density at radius 2 is 2.15 bits per heavy atom. The second kappa shape index (κ2) is 7.00. The van der Waals surface area contributed by atoms with Gasteiger partial charge in [0.15, 0.2) is 11.5 Å². The van der Waals surface area contributed by atoms with E-state index in [1.54, 1.807) is 12.1 Å². The Labute approximate surface area is 118 Å². The molecule has 0 bridgehead atoms. The minimum absolute atomic E-state index is 0.155. The molecule has 0 spiro atoms. The summed E-state index contributed by atoms with van der Waals surface area (Å²) < 4.78 is 16.2. The molecular formula is C14H20N2O4. The van der Waals surface area contributed by atoms with Crippen LogP contribution in [0.2, 0.25) is 0 Å². The maximum Gasteiger partial charge on any atom is 0.251 e. The summed E-state index contributed by atoms with van der Waals surface area (Å²) >= 11 is 0. The first-order valence-corrected chi connectivity index (χ1v) is 6.72. The van der Waals surface area contributed by atoms with Gasteiger partial charge in [-0.1, -0.05) is 0 Å². The Morgan fingerprint density at radius 1 is 1.35 bits per heavy atom. The van der Waals surface area contributed by atoms with Gasteiger partial charge in [0, 0.05) is 12.1 Å². The van der Waals surface area contributed by atoms with Gasteiger partial charge in [0.1, 0.15) is 13.2 Å². The van der Waals surface area contributed by atoms with Crippen LogP contribution in [0.4, 0.5) is 0 Å². The number of benzene rings is 1. The Morgan fingerprint density at radius 3 is 2.90 bits per heavy atom. The van der Waals surface area contributed by atoms with Gasteiger partial charge in [-0.15, -0.1) is 0 Å². The molecule has 0 saturated heterocycles. The molecule has 0 saturated carbocycles. The van der Waals surface area contributed by atoms with Gasteiger partial charge in [0.25, 0.3) is 5.91 Å². The van der Waals surface area contributed by atoms with Gasteiger partial charge in [-0.3, -0.25) is 4.79 Å². The number of carbonyl (C=O) groups is 1. The molecule has 1 amide bonds. The zero-order valence-corrected chi connectivity index (χ0v) is 11.6. The number of fused-ring (bicyclic) bond motifs is 1. The lowest BCUT2D eigenvalue weighted by Crippen LogP contribution is -2.25. The molecule has 0 aliphatic carbocycles. The molecule has 110 valence electrons. The van der Waals surface area contributed by atoms with Crippen LogP contribution < -0.4 is 25.3 Å². The van der Waals surface area contributed by atoms with Crippen molar-refractivity contribution in [1.82, 2.24) is 5.32 Å². The predicted octanol–water partition coefficient (Wildman–Crippen LogP) is 0.935. The maximum atomic E-state index is 12.1. The van der Waals surface area contributed by atoms with Crippen molar-refractivity contribution in [2.75, 3.05) is 33.4 Å². The molecule has 1 aromatic carbocycles. The first-order chi connectivity index (χ1) is 9.76. The predicted molar refractivity (Wildman–Crippen MR) is 74.6 cm³/mol. The Balaban J connectivity index is 2.09. The van der Waals surface area contributed by atoms with E-state index in [0.717, 1.165) is 12.8 Å². The first-order valence-electron chi connectivity index (χ1n) is 6.72. The molecule has 1 aliphatic rings. The number of amides is 1. The fourth-order valence-electron chi connectivity index (χ4n) is 1.98. The van der Waals surface area contributed by atoms with Crippen molar-refractivity contribution >= 4 is 5.91 Å². The van der Waals surface area contributed by atoms with Crippen molar-refractivity contribution in [2.24, 2.45) is 5.73 Å². The van der Waals surface area contributed by atoms with E-state index in [0.29, 0.717) is 49.1 Å². The van der Waals surface area contributed by atoms with Gasteiger partial charge in [-0.05, 0) is 31.5 Å². The average molecular weight is 280 g/mol. The summed E-state index contributed by atoms with van der Waals surface area (Å²) in [6.45, 7) is 2.19. The molecule has 3 N–H and O–H groups in total. The summed E-state index contributed by atoms with van der Waals surface area (Å²) in [6.07, 6.45) is 1.76. The molecule has 1 heterocycles. The van der Waals surface area contributed by atoms with Crippen LogP contribution >= 0.6 is 0 Å². The van der Waals surface area contributed by atoms with Crippen LogP contribution in [0.15, 0.2) is 12.1 Å². The number of carbonyl (C=O) groups excluding carboxylic acids is 1. The van der Waals surface area contributed by atoms with Crippen molar-refractivity contribution in [3.63, 3.8) is 0 Å². The normalized spacial score (nSPS) is 12.9. The third-order valence-corrected chi connectivity index (χ3v) is 3.01. The van der Waals surface area contributed by atoms with Gasteiger partial charge >= 0.3 is 0 Å². The van der Waals surface area contributed by atoms with Crippen molar-refractivity contribution in [3.8, 4) is 17.2 Å². The number of hydrogen-bond acceptors (Lipinski definition) is 5. The molecule has 6 heteroatoms. The zero-order valence-electron chi connectivity index (χ0n) is 11.6. The highest BCUT2D eigenvalue weighted by atomic mass is 16.6. The number of rotatable bonds is 6. The SMILES string of the molecule is COc1cc(C(=O)NCCCCN)cc2c1OCCO2. The average Bonchev–Trinajstić information content (AvgIpc) is 2.50. The highest BCUT2D eigenvalue weighted by molar-refractivity contribution is 5.95. The molecule has 0 aromatic heterocycles. The minimum atomic E-state index is -0.155. The third-order valence-electron chi connectivity index (χ3n) is 3.01. The number of methoxy groups -OCH3 is 1. The van der Waals surface area contributed by atoms with E-state index in [1.807, 2.05) is 0 Å². The van der Waals surface area contributed by atoms with Crippen LogP contribution in [0.5, 0.6) is 17.2 Å². The fourth-order valence-corrected chi connectivity index (χ4v) is 1.98. The minimum Gasteiger partial charge on any atom is -0.493 e. The van der Waals surface area contributed by atoms with Crippen molar-refractivity contribution in [2.45, 2.75) is 12.8 Å². The molecule has 0 fully saturated rings. The number of ether oxygens (including phenoxy) is 3. The largest absolute Gasteiger partial charge is 0.493 e. The van der Waals surface area contributed by atoms with E-state index >= 15 is 0 Å². The lowest BCUT2D eigenvalue weighted by atomic mass is 10.1. The second-order valence-electron chi connectivity index (χ2n) is 4.45. The quantitative estimate of drug-likeness (QED) is 0.758. The van der Waals surface area contributed by atoms with Crippen molar-refractivity contribution in [1.29, 1.82) is 0 Å². The third kappa shape index (κ3) is 3.33. The van der Waals surface area contributed by atoms with E-state index in [-0.39, 0.29) is 5.91 Å². The van der Waals surface area contributed by atoms with E-state index in [9.17, 15) is 4.79 Å². The van der Waals surface area contributed by atoms with Crippen LogP contribution in [0.1, 0.15) is 23.2 Å². The molecule has 2 rings (SSSR count).